The van der Waals surface area contributed by atoms with Crippen molar-refractivity contribution in [2.45, 2.75) is 69.7 Å². The van der Waals surface area contributed by atoms with Gasteiger partial charge in [-0.25, -0.2) is 38.9 Å². The lowest BCUT2D eigenvalue weighted by Crippen LogP contribution is -2.24. The molecule has 6 aromatic rings. The molecular weight excluding hydrogens is 757 g/mol. The summed E-state index contributed by atoms with van der Waals surface area (Å²) in [4.78, 5) is 67.8. The Bertz CT molecular complexity index is 2420. The maximum atomic E-state index is 12.7. The normalized spacial score (nSPS) is 22.8. The summed E-state index contributed by atoms with van der Waals surface area (Å²) in [6, 6.07) is 0. The van der Waals surface area contributed by atoms with Gasteiger partial charge in [0.1, 0.15) is 36.0 Å². The maximum absolute atomic E-state index is 12.7. The third-order valence-corrected chi connectivity index (χ3v) is 11.7. The molecule has 4 aliphatic heterocycles. The molecule has 310 valence electrons. The highest BCUT2D eigenvalue weighted by Gasteiger charge is 2.34. The Morgan fingerprint density at radius 3 is 1.69 bits per heavy atom. The molecule has 4 saturated heterocycles. The van der Waals surface area contributed by atoms with Crippen molar-refractivity contribution in [2.24, 2.45) is 11.8 Å². The van der Waals surface area contributed by atoms with Crippen LogP contribution in [0.1, 0.15) is 102 Å². The Labute approximate surface area is 339 Å². The van der Waals surface area contributed by atoms with Gasteiger partial charge in [0.15, 0.2) is 17.3 Å². The van der Waals surface area contributed by atoms with Crippen molar-refractivity contribution in [3.8, 4) is 0 Å². The molecule has 4 fully saturated rings. The molecule has 0 saturated carbocycles. The molecule has 3 N–H and O–H groups in total. The van der Waals surface area contributed by atoms with E-state index in [0.29, 0.717) is 40.6 Å². The van der Waals surface area contributed by atoms with E-state index in [2.05, 4.69) is 63.9 Å². The zero-order valence-electron chi connectivity index (χ0n) is 33.3. The minimum absolute atomic E-state index is 0.102. The standard InChI is InChI=1S/C20H25N7O2.C15H21N5O2.C5H4N2O/c1-13-9-26(10-14-6-21-12-22-7-14)11-16(13)18-24-20(28)17-8-23-19(27(17)25-18)15-2-4-29-5-3-15;1-9-6-16-7-11(9)13-18-15(21)12-8-17-14(20(12)19-13)10-2-4-22-5-3-10;8-3-5-1-6-4-7-2-5/h6-8,12-13,15-16H,2-5,9-11H2,1H3,(H,24,25,28);8-11,16H,2-7H2,1H3,(H,18,19,21);1-4H. The molecule has 6 aromatic heterocycles. The molecule has 0 radical (unpaired) electrons. The summed E-state index contributed by atoms with van der Waals surface area (Å²) in [6.07, 6.45) is 17.2. The number of carbonyl (C=O) groups excluding carboxylic acids is 1. The smallest absolute Gasteiger partial charge is 0.276 e. The van der Waals surface area contributed by atoms with Crippen LogP contribution in [-0.4, -0.2) is 123 Å². The van der Waals surface area contributed by atoms with Crippen molar-refractivity contribution in [3.05, 3.63) is 105 Å². The number of aldehydes is 1. The van der Waals surface area contributed by atoms with Crippen LogP contribution in [0.5, 0.6) is 0 Å². The summed E-state index contributed by atoms with van der Waals surface area (Å²) in [5.41, 5.74) is 2.42. The van der Waals surface area contributed by atoms with E-state index in [-0.39, 0.29) is 28.9 Å². The lowest BCUT2D eigenvalue weighted by atomic mass is 9.97. The number of ether oxygens (including phenoxy) is 2. The van der Waals surface area contributed by atoms with Crippen molar-refractivity contribution in [3.63, 3.8) is 0 Å². The highest BCUT2D eigenvalue weighted by molar-refractivity contribution is 5.73. The van der Waals surface area contributed by atoms with Gasteiger partial charge in [-0.05, 0) is 44.1 Å². The van der Waals surface area contributed by atoms with Gasteiger partial charge in [0.25, 0.3) is 11.1 Å². The van der Waals surface area contributed by atoms with E-state index in [9.17, 15) is 14.4 Å². The Morgan fingerprint density at radius 1 is 0.678 bits per heavy atom. The summed E-state index contributed by atoms with van der Waals surface area (Å²) in [5.74, 6) is 5.15. The van der Waals surface area contributed by atoms with Gasteiger partial charge in [0, 0.05) is 107 Å². The number of rotatable bonds is 7. The first-order valence-corrected chi connectivity index (χ1v) is 20.3. The second kappa shape index (κ2) is 18.5. The molecule has 19 heteroatoms. The molecule has 4 unspecified atom stereocenters. The third-order valence-electron chi connectivity index (χ3n) is 11.7. The van der Waals surface area contributed by atoms with Crippen LogP contribution < -0.4 is 16.4 Å². The Hall–Kier alpha value is -5.63. The van der Waals surface area contributed by atoms with Crippen LogP contribution in [0.2, 0.25) is 0 Å². The molecule has 10 rings (SSSR count). The summed E-state index contributed by atoms with van der Waals surface area (Å²) in [6.45, 7) is 11.8. The number of H-pyrrole nitrogens is 2. The molecule has 4 atom stereocenters. The largest absolute Gasteiger partial charge is 0.381 e. The van der Waals surface area contributed by atoms with Crippen molar-refractivity contribution < 1.29 is 14.3 Å². The number of nitrogens with one attached hydrogen (secondary N) is 3. The number of hydrogen-bond donors (Lipinski definition) is 3. The van der Waals surface area contributed by atoms with Crippen LogP contribution in [0.4, 0.5) is 0 Å². The van der Waals surface area contributed by atoms with E-state index >= 15 is 0 Å². The Morgan fingerprint density at radius 2 is 1.20 bits per heavy atom. The highest BCUT2D eigenvalue weighted by Crippen LogP contribution is 2.32. The molecule has 19 nitrogen and oxygen atoms in total. The molecule has 0 aliphatic carbocycles. The van der Waals surface area contributed by atoms with E-state index in [4.69, 9.17) is 19.7 Å². The summed E-state index contributed by atoms with van der Waals surface area (Å²) >= 11 is 0. The van der Waals surface area contributed by atoms with E-state index in [0.717, 1.165) is 114 Å². The quantitative estimate of drug-likeness (QED) is 0.197. The number of aromatic nitrogens is 12. The van der Waals surface area contributed by atoms with Gasteiger partial charge in [0.05, 0.1) is 18.0 Å². The van der Waals surface area contributed by atoms with Crippen LogP contribution in [0, 0.1) is 11.8 Å². The predicted molar refractivity (Wildman–Crippen MR) is 214 cm³/mol. The molecule has 10 heterocycles. The average Bonchev–Trinajstić information content (AvgIpc) is 4.09. The van der Waals surface area contributed by atoms with Gasteiger partial charge in [-0.15, -0.1) is 0 Å². The predicted octanol–water partition coefficient (Wildman–Crippen LogP) is 2.26. The van der Waals surface area contributed by atoms with Crippen molar-refractivity contribution in [2.75, 3.05) is 52.6 Å². The van der Waals surface area contributed by atoms with E-state index in [1.807, 2.05) is 12.4 Å². The van der Waals surface area contributed by atoms with Gasteiger partial charge < -0.3 is 24.8 Å². The zero-order chi connectivity index (χ0) is 40.7. The lowest BCUT2D eigenvalue weighted by molar-refractivity contribution is 0.0831. The fraction of sp³-hybridized carbons (Fsp3) is 0.525. The number of imidazole rings is 2. The van der Waals surface area contributed by atoms with Crippen molar-refractivity contribution in [1.82, 2.24) is 69.3 Å². The van der Waals surface area contributed by atoms with Gasteiger partial charge in [-0.1, -0.05) is 13.8 Å². The van der Waals surface area contributed by atoms with E-state index in [1.165, 1.54) is 18.7 Å². The van der Waals surface area contributed by atoms with Crippen LogP contribution in [0.25, 0.3) is 11.0 Å². The number of hydrogen-bond acceptors (Lipinski definition) is 15. The van der Waals surface area contributed by atoms with E-state index < -0.39 is 0 Å². The fourth-order valence-corrected chi connectivity index (χ4v) is 8.44. The monoisotopic (exact) mass is 806 g/mol. The molecule has 0 amide bonds. The number of fused-ring (bicyclic) bond motifs is 2. The second-order valence-corrected chi connectivity index (χ2v) is 15.8. The fourth-order valence-electron chi connectivity index (χ4n) is 8.44. The number of nitrogens with zero attached hydrogens (tertiary/aromatic N) is 11. The molecule has 0 bridgehead atoms. The van der Waals surface area contributed by atoms with Gasteiger partial charge in [0.2, 0.25) is 0 Å². The number of aromatic amines is 2. The summed E-state index contributed by atoms with van der Waals surface area (Å²) < 4.78 is 14.4. The Kier molecular flexibility index (Phi) is 12.6. The molecular formula is C40H50N14O5. The Balaban J connectivity index is 0.000000142. The number of carbonyl (C=O) groups is 1. The van der Waals surface area contributed by atoms with Gasteiger partial charge >= 0.3 is 0 Å². The third kappa shape index (κ3) is 9.17. The lowest BCUT2D eigenvalue weighted by Gasteiger charge is -2.21. The van der Waals surface area contributed by atoms with Crippen molar-refractivity contribution >= 4 is 17.3 Å². The zero-order valence-corrected chi connectivity index (χ0v) is 33.3. The molecule has 0 spiro atoms. The minimum Gasteiger partial charge on any atom is -0.381 e. The van der Waals surface area contributed by atoms with Crippen LogP contribution in [0.3, 0.4) is 0 Å². The van der Waals surface area contributed by atoms with Crippen molar-refractivity contribution in [1.29, 1.82) is 0 Å². The van der Waals surface area contributed by atoms with Crippen LogP contribution in [0.15, 0.2) is 59.4 Å². The maximum Gasteiger partial charge on any atom is 0.276 e. The minimum atomic E-state index is -0.122. The second-order valence-electron chi connectivity index (χ2n) is 15.8. The highest BCUT2D eigenvalue weighted by atomic mass is 16.5. The first-order valence-electron chi connectivity index (χ1n) is 20.3. The topological polar surface area (TPSA) is 228 Å². The molecule has 4 aliphatic rings. The van der Waals surface area contributed by atoms with Crippen LogP contribution in [-0.2, 0) is 16.0 Å². The summed E-state index contributed by atoms with van der Waals surface area (Å²) in [5, 5.41) is 12.9. The van der Waals surface area contributed by atoms with Gasteiger partial charge in [-0.3, -0.25) is 19.3 Å². The molecule has 0 aromatic carbocycles. The van der Waals surface area contributed by atoms with Crippen LogP contribution >= 0.6 is 0 Å². The SMILES string of the molecule is CC1CN(Cc2cncnc2)CC1c1nn2c(C3CCOCC3)ncc2c(=O)[nH]1.CC1CNCC1c1nn2c(C3CCOCC3)ncc2c(=O)[nH]1.O=Cc1cncnc1. The molecule has 59 heavy (non-hydrogen) atoms. The van der Waals surface area contributed by atoms with Gasteiger partial charge in [-0.2, -0.15) is 10.2 Å². The van der Waals surface area contributed by atoms with E-state index in [1.54, 1.807) is 27.8 Å². The average molecular weight is 807 g/mol. The number of likely N-dealkylation sites (tertiary alicyclic amines) is 1. The first-order chi connectivity index (χ1) is 28.9. The summed E-state index contributed by atoms with van der Waals surface area (Å²) in [7, 11) is 0. The first kappa shape index (κ1) is 40.2.